The molecule has 21 heavy (non-hydrogen) atoms. The van der Waals surface area contributed by atoms with E-state index in [0.717, 1.165) is 24.1 Å². The van der Waals surface area contributed by atoms with Gasteiger partial charge < -0.3 is 15.5 Å². The SMILES string of the molecule is CN1CCN(c2ccccc2C2(CN)CCC2)C(=O)C1=O. The third kappa shape index (κ3) is 2.12. The van der Waals surface area contributed by atoms with Crippen LogP contribution in [0, 0.1) is 0 Å². The number of anilines is 1. The van der Waals surface area contributed by atoms with Crippen LogP contribution in [0.4, 0.5) is 5.69 Å². The molecule has 1 saturated heterocycles. The van der Waals surface area contributed by atoms with Crippen molar-refractivity contribution < 1.29 is 9.59 Å². The second-order valence-corrected chi connectivity index (χ2v) is 6.04. The summed E-state index contributed by atoms with van der Waals surface area (Å²) in [6.45, 7) is 1.69. The molecule has 2 aliphatic rings. The number of para-hydroxylation sites is 1. The summed E-state index contributed by atoms with van der Waals surface area (Å²) in [4.78, 5) is 27.3. The van der Waals surface area contributed by atoms with E-state index in [0.29, 0.717) is 19.6 Å². The fourth-order valence-corrected chi connectivity index (χ4v) is 3.31. The molecule has 1 saturated carbocycles. The maximum Gasteiger partial charge on any atom is 0.316 e. The molecule has 0 spiro atoms. The van der Waals surface area contributed by atoms with Crippen molar-refractivity contribution in [3.05, 3.63) is 29.8 Å². The first-order chi connectivity index (χ1) is 10.1. The zero-order valence-corrected chi connectivity index (χ0v) is 12.3. The molecule has 1 heterocycles. The van der Waals surface area contributed by atoms with Crippen LogP contribution in [0.5, 0.6) is 0 Å². The van der Waals surface area contributed by atoms with E-state index in [1.165, 1.54) is 11.3 Å². The minimum absolute atomic E-state index is 0.0245. The number of amides is 2. The van der Waals surface area contributed by atoms with Crippen molar-refractivity contribution in [3.8, 4) is 0 Å². The molecule has 1 aromatic rings. The number of carbonyl (C=O) groups excluding carboxylic acids is 2. The van der Waals surface area contributed by atoms with Gasteiger partial charge in [-0.15, -0.1) is 0 Å². The van der Waals surface area contributed by atoms with Crippen LogP contribution in [-0.2, 0) is 15.0 Å². The van der Waals surface area contributed by atoms with E-state index in [2.05, 4.69) is 6.07 Å². The zero-order chi connectivity index (χ0) is 15.0. The lowest BCUT2D eigenvalue weighted by molar-refractivity contribution is -0.145. The Hall–Kier alpha value is -1.88. The lowest BCUT2D eigenvalue weighted by Crippen LogP contribution is -2.54. The highest BCUT2D eigenvalue weighted by atomic mass is 16.2. The Kier molecular flexibility index (Phi) is 3.45. The molecule has 0 bridgehead atoms. The third-order valence-corrected chi connectivity index (χ3v) is 4.90. The number of likely N-dealkylation sites (N-methyl/N-ethyl adjacent to an activating group) is 1. The van der Waals surface area contributed by atoms with Gasteiger partial charge in [-0.05, 0) is 24.5 Å². The summed E-state index contributed by atoms with van der Waals surface area (Å²) in [6, 6.07) is 7.88. The Morgan fingerprint density at radius 2 is 1.86 bits per heavy atom. The second kappa shape index (κ2) is 5.15. The maximum absolute atomic E-state index is 12.3. The average molecular weight is 287 g/mol. The minimum Gasteiger partial charge on any atom is -0.336 e. The van der Waals surface area contributed by atoms with E-state index >= 15 is 0 Å². The van der Waals surface area contributed by atoms with E-state index in [1.807, 2.05) is 18.2 Å². The summed E-state index contributed by atoms with van der Waals surface area (Å²) in [5, 5.41) is 0. The summed E-state index contributed by atoms with van der Waals surface area (Å²) in [7, 11) is 1.66. The van der Waals surface area contributed by atoms with Gasteiger partial charge >= 0.3 is 11.8 Å². The Bertz CT molecular complexity index is 575. The van der Waals surface area contributed by atoms with Crippen LogP contribution < -0.4 is 10.6 Å². The van der Waals surface area contributed by atoms with Crippen molar-refractivity contribution in [2.24, 2.45) is 5.73 Å². The standard InChI is InChI=1S/C16H21N3O2/c1-18-9-10-19(15(21)14(18)20)13-6-3-2-5-12(13)16(11-17)7-4-8-16/h2-3,5-6H,4,7-11,17H2,1H3. The first-order valence-corrected chi connectivity index (χ1v) is 7.45. The molecule has 0 atom stereocenters. The predicted octanol–water partition coefficient (Wildman–Crippen LogP) is 0.872. The number of hydrogen-bond donors (Lipinski definition) is 1. The van der Waals surface area contributed by atoms with Gasteiger partial charge in [0.15, 0.2) is 0 Å². The van der Waals surface area contributed by atoms with Gasteiger partial charge in [0.25, 0.3) is 0 Å². The van der Waals surface area contributed by atoms with Crippen molar-refractivity contribution in [3.63, 3.8) is 0 Å². The van der Waals surface area contributed by atoms with Gasteiger partial charge in [0, 0.05) is 37.8 Å². The molecule has 5 heteroatoms. The summed E-state index contributed by atoms with van der Waals surface area (Å²) < 4.78 is 0. The van der Waals surface area contributed by atoms with Gasteiger partial charge in [0.05, 0.1) is 0 Å². The topological polar surface area (TPSA) is 66.6 Å². The highest BCUT2D eigenvalue weighted by molar-refractivity contribution is 6.41. The smallest absolute Gasteiger partial charge is 0.316 e. The molecule has 5 nitrogen and oxygen atoms in total. The van der Waals surface area contributed by atoms with Crippen LogP contribution in [0.15, 0.2) is 24.3 Å². The number of benzene rings is 1. The van der Waals surface area contributed by atoms with Crippen molar-refractivity contribution in [2.45, 2.75) is 24.7 Å². The number of nitrogens with two attached hydrogens (primary N) is 1. The molecule has 0 radical (unpaired) electrons. The monoisotopic (exact) mass is 287 g/mol. The van der Waals surface area contributed by atoms with Crippen molar-refractivity contribution in [1.82, 2.24) is 4.90 Å². The van der Waals surface area contributed by atoms with E-state index in [9.17, 15) is 9.59 Å². The number of nitrogens with zero attached hydrogens (tertiary/aromatic N) is 2. The van der Waals surface area contributed by atoms with Gasteiger partial charge in [0.1, 0.15) is 0 Å². The summed E-state index contributed by atoms with van der Waals surface area (Å²) >= 11 is 0. The highest BCUT2D eigenvalue weighted by Crippen LogP contribution is 2.46. The summed E-state index contributed by atoms with van der Waals surface area (Å²) in [5.74, 6) is -0.880. The Morgan fingerprint density at radius 1 is 1.14 bits per heavy atom. The zero-order valence-electron chi connectivity index (χ0n) is 12.3. The number of piperazine rings is 1. The van der Waals surface area contributed by atoms with Gasteiger partial charge in [-0.3, -0.25) is 9.59 Å². The summed E-state index contributed by atoms with van der Waals surface area (Å²) in [5.41, 5.74) is 7.95. The second-order valence-electron chi connectivity index (χ2n) is 6.04. The van der Waals surface area contributed by atoms with Crippen LogP contribution in [0.1, 0.15) is 24.8 Å². The molecule has 1 aromatic carbocycles. The van der Waals surface area contributed by atoms with Gasteiger partial charge in [-0.2, -0.15) is 0 Å². The van der Waals surface area contributed by atoms with Crippen LogP contribution in [0.2, 0.25) is 0 Å². The number of rotatable bonds is 3. The largest absolute Gasteiger partial charge is 0.336 e. The van der Waals surface area contributed by atoms with E-state index < -0.39 is 11.8 Å². The summed E-state index contributed by atoms with van der Waals surface area (Å²) in [6.07, 6.45) is 3.27. The Morgan fingerprint density at radius 3 is 2.48 bits per heavy atom. The molecular weight excluding hydrogens is 266 g/mol. The fraction of sp³-hybridized carbons (Fsp3) is 0.500. The molecule has 0 aromatic heterocycles. The van der Waals surface area contributed by atoms with Crippen LogP contribution in [-0.4, -0.2) is 43.4 Å². The van der Waals surface area contributed by atoms with E-state index in [4.69, 9.17) is 5.73 Å². The number of carbonyl (C=O) groups is 2. The maximum atomic E-state index is 12.3. The highest BCUT2D eigenvalue weighted by Gasteiger charge is 2.41. The molecule has 1 aliphatic heterocycles. The third-order valence-electron chi connectivity index (χ3n) is 4.90. The van der Waals surface area contributed by atoms with Crippen molar-refractivity contribution in [2.75, 3.05) is 31.6 Å². The quantitative estimate of drug-likeness (QED) is 0.839. The molecule has 112 valence electrons. The minimum atomic E-state index is -0.442. The molecule has 0 unspecified atom stereocenters. The predicted molar refractivity (Wildman–Crippen MR) is 81.0 cm³/mol. The number of hydrogen-bond acceptors (Lipinski definition) is 3. The fourth-order valence-electron chi connectivity index (χ4n) is 3.31. The van der Waals surface area contributed by atoms with Crippen LogP contribution in [0.3, 0.4) is 0 Å². The average Bonchev–Trinajstić information content (AvgIpc) is 2.45. The van der Waals surface area contributed by atoms with E-state index in [-0.39, 0.29) is 5.41 Å². The van der Waals surface area contributed by atoms with Gasteiger partial charge in [0.2, 0.25) is 0 Å². The van der Waals surface area contributed by atoms with E-state index in [1.54, 1.807) is 11.9 Å². The van der Waals surface area contributed by atoms with Gasteiger partial charge in [-0.25, -0.2) is 0 Å². The first-order valence-electron chi connectivity index (χ1n) is 7.45. The Balaban J connectivity index is 2.00. The van der Waals surface area contributed by atoms with Crippen molar-refractivity contribution >= 4 is 17.5 Å². The molecule has 1 aliphatic carbocycles. The lowest BCUT2D eigenvalue weighted by atomic mass is 9.64. The lowest BCUT2D eigenvalue weighted by Gasteiger charge is -2.44. The normalized spacial score (nSPS) is 21.4. The molecule has 2 amide bonds. The molecule has 3 rings (SSSR count). The first kappa shape index (κ1) is 14.1. The van der Waals surface area contributed by atoms with Crippen LogP contribution in [0.25, 0.3) is 0 Å². The molecular formula is C16H21N3O2. The van der Waals surface area contributed by atoms with Gasteiger partial charge in [-0.1, -0.05) is 24.6 Å². The molecule has 2 fully saturated rings. The van der Waals surface area contributed by atoms with Crippen molar-refractivity contribution in [1.29, 1.82) is 0 Å². The van der Waals surface area contributed by atoms with Crippen LogP contribution >= 0.6 is 0 Å². The molecule has 2 N–H and O–H groups in total. The Labute approximate surface area is 124 Å².